The number of nitrogens with two attached hydrogens (primary N) is 1. The number of nitrogens with one attached hydrogen (secondary N) is 1. The molecule has 1 aliphatic carbocycles. The van der Waals surface area contributed by atoms with Crippen molar-refractivity contribution in [2.24, 2.45) is 11.1 Å². The topological polar surface area (TPSA) is 55.1 Å². The highest BCUT2D eigenvalue weighted by Gasteiger charge is 2.55. The van der Waals surface area contributed by atoms with Gasteiger partial charge in [0.2, 0.25) is 5.91 Å². The molecule has 1 unspecified atom stereocenters. The van der Waals surface area contributed by atoms with Gasteiger partial charge in [0.25, 0.3) is 0 Å². The summed E-state index contributed by atoms with van der Waals surface area (Å²) in [6, 6.07) is 0.514. The van der Waals surface area contributed by atoms with Crippen LogP contribution in [-0.4, -0.2) is 18.0 Å². The Bertz CT molecular complexity index is 184. The van der Waals surface area contributed by atoms with Gasteiger partial charge >= 0.3 is 0 Å². The van der Waals surface area contributed by atoms with E-state index in [9.17, 15) is 4.79 Å². The summed E-state index contributed by atoms with van der Waals surface area (Å²) in [5.74, 6) is -0.192. The number of hydrogen-bond acceptors (Lipinski definition) is 2. The van der Waals surface area contributed by atoms with Crippen molar-refractivity contribution in [1.82, 2.24) is 5.32 Å². The molecule has 3 fully saturated rings. The van der Waals surface area contributed by atoms with Gasteiger partial charge in [0, 0.05) is 6.04 Å². The molecule has 56 valence electrons. The molecule has 0 aromatic rings. The van der Waals surface area contributed by atoms with Crippen LogP contribution in [0.2, 0.25) is 0 Å². The fourth-order valence-electron chi connectivity index (χ4n) is 2.28. The van der Waals surface area contributed by atoms with Crippen LogP contribution in [0.1, 0.15) is 19.8 Å². The maximum atomic E-state index is 10.8. The molecule has 3 rings (SSSR count). The van der Waals surface area contributed by atoms with Gasteiger partial charge in [-0.1, -0.05) is 6.92 Å². The van der Waals surface area contributed by atoms with E-state index in [4.69, 9.17) is 5.73 Å². The van der Waals surface area contributed by atoms with Gasteiger partial charge in [-0.15, -0.1) is 0 Å². The van der Waals surface area contributed by atoms with Gasteiger partial charge in [-0.05, 0) is 18.3 Å². The van der Waals surface area contributed by atoms with E-state index in [2.05, 4.69) is 12.2 Å². The predicted octanol–water partition coefficient (Wildman–Crippen LogP) is -0.388. The van der Waals surface area contributed by atoms with Crippen molar-refractivity contribution < 1.29 is 4.79 Å². The molecule has 1 saturated carbocycles. The quantitative estimate of drug-likeness (QED) is 0.521. The Morgan fingerprint density at radius 3 is 2.50 bits per heavy atom. The molecule has 3 N–H and O–H groups in total. The summed E-state index contributed by atoms with van der Waals surface area (Å²) in [6.45, 7) is 2.12. The average molecular weight is 140 g/mol. The van der Waals surface area contributed by atoms with Crippen molar-refractivity contribution in [3.05, 3.63) is 0 Å². The number of primary amides is 1. The molecular weight excluding hydrogens is 128 g/mol. The van der Waals surface area contributed by atoms with E-state index in [-0.39, 0.29) is 17.4 Å². The standard InChI is InChI=1S/C7H12N2O/c1-7-2-4(3-7)9-5(7)6(8)10/h4-5,9H,2-3H2,1H3,(H2,8,10). The third-order valence-electron chi connectivity index (χ3n) is 2.81. The molecule has 0 spiro atoms. The number of carbonyl (C=O) groups is 1. The SMILES string of the molecule is CC12CC(C1)NC2C(N)=O. The number of amides is 1. The minimum absolute atomic E-state index is 0.0579. The molecule has 0 aromatic carbocycles. The fraction of sp³-hybridized carbons (Fsp3) is 0.857. The smallest absolute Gasteiger partial charge is 0.235 e. The first-order valence-electron chi connectivity index (χ1n) is 3.67. The number of hydrogen-bond donors (Lipinski definition) is 2. The lowest BCUT2D eigenvalue weighted by Gasteiger charge is -2.34. The van der Waals surface area contributed by atoms with Crippen molar-refractivity contribution in [3.63, 3.8) is 0 Å². The third kappa shape index (κ3) is 0.560. The normalized spacial score (nSPS) is 50.5. The second-order valence-corrected chi connectivity index (χ2v) is 3.76. The van der Waals surface area contributed by atoms with E-state index in [1.165, 1.54) is 0 Å². The minimum Gasteiger partial charge on any atom is -0.368 e. The van der Waals surface area contributed by atoms with E-state index in [0.717, 1.165) is 12.8 Å². The molecule has 1 amide bonds. The molecule has 2 heterocycles. The first kappa shape index (κ1) is 6.16. The molecule has 0 radical (unpaired) electrons. The van der Waals surface area contributed by atoms with Crippen molar-refractivity contribution in [2.75, 3.05) is 0 Å². The summed E-state index contributed by atoms with van der Waals surface area (Å²) in [6.07, 6.45) is 2.25. The zero-order chi connectivity index (χ0) is 7.35. The maximum absolute atomic E-state index is 10.8. The Morgan fingerprint density at radius 2 is 2.30 bits per heavy atom. The summed E-state index contributed by atoms with van der Waals surface area (Å²) in [5.41, 5.74) is 5.39. The third-order valence-corrected chi connectivity index (χ3v) is 2.81. The van der Waals surface area contributed by atoms with Gasteiger partial charge in [0.15, 0.2) is 0 Å². The Kier molecular flexibility index (Phi) is 0.944. The lowest BCUT2D eigenvalue weighted by molar-refractivity contribution is -0.121. The summed E-state index contributed by atoms with van der Waals surface area (Å²) in [5, 5.41) is 3.19. The van der Waals surface area contributed by atoms with Crippen LogP contribution in [0.5, 0.6) is 0 Å². The van der Waals surface area contributed by atoms with Crippen molar-refractivity contribution in [2.45, 2.75) is 31.8 Å². The van der Waals surface area contributed by atoms with Gasteiger partial charge in [-0.2, -0.15) is 0 Å². The first-order chi connectivity index (χ1) is 4.62. The highest BCUT2D eigenvalue weighted by molar-refractivity contribution is 5.82. The zero-order valence-corrected chi connectivity index (χ0v) is 6.05. The van der Waals surface area contributed by atoms with Crippen LogP contribution in [0.15, 0.2) is 0 Å². The highest BCUT2D eigenvalue weighted by Crippen LogP contribution is 2.49. The van der Waals surface area contributed by atoms with E-state index in [1.807, 2.05) is 0 Å². The van der Waals surface area contributed by atoms with Crippen LogP contribution < -0.4 is 11.1 Å². The summed E-state index contributed by atoms with van der Waals surface area (Å²) in [7, 11) is 0. The fourth-order valence-corrected chi connectivity index (χ4v) is 2.28. The summed E-state index contributed by atoms with van der Waals surface area (Å²) in [4.78, 5) is 10.8. The van der Waals surface area contributed by atoms with Gasteiger partial charge in [-0.3, -0.25) is 4.79 Å². The summed E-state index contributed by atoms with van der Waals surface area (Å²) >= 11 is 0. The minimum atomic E-state index is -0.192. The Morgan fingerprint density at radius 1 is 1.70 bits per heavy atom. The van der Waals surface area contributed by atoms with Crippen LogP contribution in [0, 0.1) is 5.41 Å². The lowest BCUT2D eigenvalue weighted by atomic mass is 9.68. The van der Waals surface area contributed by atoms with Crippen molar-refractivity contribution in [1.29, 1.82) is 0 Å². The van der Waals surface area contributed by atoms with Crippen LogP contribution >= 0.6 is 0 Å². The molecule has 3 heteroatoms. The molecule has 2 saturated heterocycles. The van der Waals surface area contributed by atoms with Gasteiger partial charge in [-0.25, -0.2) is 0 Å². The average Bonchev–Trinajstić information content (AvgIpc) is 2.17. The molecule has 3 aliphatic rings. The first-order valence-corrected chi connectivity index (χ1v) is 3.67. The second kappa shape index (κ2) is 1.53. The Hall–Kier alpha value is -0.570. The Balaban J connectivity index is 2.19. The van der Waals surface area contributed by atoms with Crippen LogP contribution in [0.25, 0.3) is 0 Å². The lowest BCUT2D eigenvalue weighted by Crippen LogP contribution is -2.42. The number of carbonyl (C=O) groups excluding carboxylic acids is 1. The molecule has 2 aliphatic heterocycles. The molecule has 0 aromatic heterocycles. The van der Waals surface area contributed by atoms with Crippen molar-refractivity contribution in [3.8, 4) is 0 Å². The molecule has 2 bridgehead atoms. The largest absolute Gasteiger partial charge is 0.368 e. The Labute approximate surface area is 60.0 Å². The maximum Gasteiger partial charge on any atom is 0.235 e. The second-order valence-electron chi connectivity index (χ2n) is 3.76. The molecule has 1 atom stereocenters. The van der Waals surface area contributed by atoms with Crippen molar-refractivity contribution >= 4 is 5.91 Å². The molecule has 3 nitrogen and oxygen atoms in total. The van der Waals surface area contributed by atoms with Gasteiger partial charge in [0.05, 0.1) is 6.04 Å². The predicted molar refractivity (Wildman–Crippen MR) is 37.2 cm³/mol. The highest BCUT2D eigenvalue weighted by atomic mass is 16.1. The molecular formula is C7H12N2O. The van der Waals surface area contributed by atoms with Gasteiger partial charge < -0.3 is 11.1 Å². The van der Waals surface area contributed by atoms with Crippen LogP contribution in [-0.2, 0) is 4.79 Å². The van der Waals surface area contributed by atoms with Crippen LogP contribution in [0.4, 0.5) is 0 Å². The number of fused-ring (bicyclic) bond motifs is 1. The van der Waals surface area contributed by atoms with E-state index >= 15 is 0 Å². The van der Waals surface area contributed by atoms with E-state index in [0.29, 0.717) is 6.04 Å². The number of rotatable bonds is 1. The zero-order valence-electron chi connectivity index (χ0n) is 6.05. The van der Waals surface area contributed by atoms with E-state index < -0.39 is 0 Å². The van der Waals surface area contributed by atoms with E-state index in [1.54, 1.807) is 0 Å². The summed E-state index contributed by atoms with van der Waals surface area (Å²) < 4.78 is 0. The molecule has 10 heavy (non-hydrogen) atoms. The van der Waals surface area contributed by atoms with Crippen LogP contribution in [0.3, 0.4) is 0 Å². The monoisotopic (exact) mass is 140 g/mol. The van der Waals surface area contributed by atoms with Gasteiger partial charge in [0.1, 0.15) is 0 Å².